The number of rotatable bonds is 6. The van der Waals surface area contributed by atoms with E-state index in [0.717, 1.165) is 0 Å². The molecule has 186 valence electrons. The van der Waals surface area contributed by atoms with Gasteiger partial charge in [0.15, 0.2) is 34.3 Å². The van der Waals surface area contributed by atoms with Gasteiger partial charge in [-0.25, -0.2) is 15.0 Å². The van der Waals surface area contributed by atoms with Crippen LogP contribution in [0.2, 0.25) is 36.3 Å². The summed E-state index contributed by atoms with van der Waals surface area (Å²) in [6.07, 6.45) is 0.449. The number of hydrogen-bond acceptors (Lipinski definition) is 8. The molecule has 1 fully saturated rings. The predicted octanol–water partition coefficient (Wildman–Crippen LogP) is 4.08. The quantitative estimate of drug-likeness (QED) is 0.576. The SMILES string of the molecule is CC(C)(C)[Si](C)(C)OC[C@H]1O[C@@H](n2cnc3c(N)ncnc32)C(O[Si](C)(C)C(C)(C)C)C1O. The number of imidazole rings is 1. The Kier molecular flexibility index (Phi) is 6.90. The molecule has 0 saturated carbocycles. The number of nitrogens with two attached hydrogens (primary N) is 1. The summed E-state index contributed by atoms with van der Waals surface area (Å²) in [6.45, 7) is 22.1. The molecule has 0 aliphatic carbocycles. The van der Waals surface area contributed by atoms with Gasteiger partial charge in [-0.15, -0.1) is 0 Å². The largest absolute Gasteiger partial charge is 0.414 e. The van der Waals surface area contributed by atoms with Gasteiger partial charge >= 0.3 is 0 Å². The fourth-order valence-electron chi connectivity index (χ4n) is 3.29. The second-order valence-corrected chi connectivity index (χ2v) is 21.6. The van der Waals surface area contributed by atoms with Gasteiger partial charge in [-0.2, -0.15) is 0 Å². The molecule has 3 N–H and O–H groups in total. The molecule has 1 saturated heterocycles. The van der Waals surface area contributed by atoms with E-state index in [1.807, 2.05) is 0 Å². The Morgan fingerprint density at radius 3 is 2.21 bits per heavy atom. The number of aliphatic hydroxyl groups is 1. The number of ether oxygens (including phenoxy) is 1. The Labute approximate surface area is 199 Å². The van der Waals surface area contributed by atoms with Gasteiger partial charge in [0.2, 0.25) is 0 Å². The van der Waals surface area contributed by atoms with Crippen LogP contribution in [0, 0.1) is 0 Å². The molecular formula is C22H41N5O4Si2. The third-order valence-electron chi connectivity index (χ3n) is 7.63. The van der Waals surface area contributed by atoms with Crippen molar-refractivity contribution in [1.29, 1.82) is 0 Å². The first-order chi connectivity index (χ1) is 15.0. The van der Waals surface area contributed by atoms with Gasteiger partial charge in [-0.05, 0) is 36.3 Å². The van der Waals surface area contributed by atoms with Crippen LogP contribution < -0.4 is 5.73 Å². The van der Waals surface area contributed by atoms with Crippen LogP contribution in [0.3, 0.4) is 0 Å². The molecule has 9 nitrogen and oxygen atoms in total. The number of anilines is 1. The van der Waals surface area contributed by atoms with Gasteiger partial charge < -0.3 is 24.4 Å². The zero-order chi connectivity index (χ0) is 25.0. The van der Waals surface area contributed by atoms with Crippen molar-refractivity contribution in [2.24, 2.45) is 0 Å². The van der Waals surface area contributed by atoms with Crippen LogP contribution >= 0.6 is 0 Å². The molecule has 0 amide bonds. The van der Waals surface area contributed by atoms with E-state index < -0.39 is 41.2 Å². The molecule has 0 bridgehead atoms. The Morgan fingerprint density at radius 2 is 1.64 bits per heavy atom. The van der Waals surface area contributed by atoms with Crippen LogP contribution in [-0.2, 0) is 13.6 Å². The lowest BCUT2D eigenvalue weighted by molar-refractivity contribution is -0.0476. The zero-order valence-corrected chi connectivity index (χ0v) is 23.7. The van der Waals surface area contributed by atoms with E-state index in [1.165, 1.54) is 6.33 Å². The molecule has 11 heteroatoms. The topological polar surface area (TPSA) is 118 Å². The second kappa shape index (κ2) is 8.69. The summed E-state index contributed by atoms with van der Waals surface area (Å²) in [6, 6.07) is 0. The normalized spacial score (nSPS) is 25.2. The van der Waals surface area contributed by atoms with Gasteiger partial charge in [-0.3, -0.25) is 4.57 Å². The summed E-state index contributed by atoms with van der Waals surface area (Å²) in [5.74, 6) is 0.303. The molecule has 1 aliphatic heterocycles. The fourth-order valence-corrected chi connectivity index (χ4v) is 5.59. The maximum atomic E-state index is 11.4. The monoisotopic (exact) mass is 495 g/mol. The van der Waals surface area contributed by atoms with Crippen LogP contribution in [0.1, 0.15) is 47.8 Å². The van der Waals surface area contributed by atoms with Gasteiger partial charge in [0.25, 0.3) is 0 Å². The first-order valence-electron chi connectivity index (χ1n) is 11.5. The Morgan fingerprint density at radius 1 is 1.03 bits per heavy atom. The van der Waals surface area contributed by atoms with Crippen molar-refractivity contribution in [1.82, 2.24) is 19.5 Å². The highest BCUT2D eigenvalue weighted by Gasteiger charge is 2.51. The molecule has 2 aromatic rings. The number of aromatic nitrogens is 4. The Balaban J connectivity index is 1.95. The lowest BCUT2D eigenvalue weighted by Gasteiger charge is -2.40. The molecule has 0 radical (unpaired) electrons. The maximum absolute atomic E-state index is 11.4. The minimum atomic E-state index is -2.23. The molecular weight excluding hydrogens is 454 g/mol. The molecule has 0 spiro atoms. The first kappa shape index (κ1) is 26.2. The minimum Gasteiger partial charge on any atom is -0.414 e. The highest BCUT2D eigenvalue weighted by molar-refractivity contribution is 6.74. The van der Waals surface area contributed by atoms with E-state index in [4.69, 9.17) is 19.3 Å². The van der Waals surface area contributed by atoms with Gasteiger partial charge in [-0.1, -0.05) is 41.5 Å². The molecule has 4 atom stereocenters. The van der Waals surface area contributed by atoms with E-state index in [0.29, 0.717) is 23.6 Å². The lowest BCUT2D eigenvalue weighted by atomic mass is 10.1. The Hall–Kier alpha value is -1.38. The first-order valence-corrected chi connectivity index (χ1v) is 17.4. The standard InChI is InChI=1S/C22H41N5O4Si2/c1-21(2,3)32(7,8)29-11-14-16(28)17(31-33(9,10)22(4,5)6)20(30-14)27-13-26-15-18(23)24-12-25-19(15)27/h12-14,16-17,20,28H,11H2,1-10H3,(H2,23,24,25)/t14-,16?,17?,20-/m1/s1. The molecule has 2 unspecified atom stereocenters. The third-order valence-corrected chi connectivity index (χ3v) is 16.6. The van der Waals surface area contributed by atoms with Crippen LogP contribution in [0.15, 0.2) is 12.7 Å². The van der Waals surface area contributed by atoms with Crippen molar-refractivity contribution in [3.05, 3.63) is 12.7 Å². The molecule has 33 heavy (non-hydrogen) atoms. The molecule has 3 rings (SSSR count). The molecule has 2 aromatic heterocycles. The van der Waals surface area contributed by atoms with E-state index >= 15 is 0 Å². The summed E-state index contributed by atoms with van der Waals surface area (Å²) < 4.78 is 21.3. The van der Waals surface area contributed by atoms with Crippen molar-refractivity contribution in [3.8, 4) is 0 Å². The second-order valence-electron chi connectivity index (χ2n) is 12.1. The van der Waals surface area contributed by atoms with Crippen LogP contribution in [-0.4, -0.2) is 66.2 Å². The van der Waals surface area contributed by atoms with Crippen LogP contribution in [0.4, 0.5) is 5.82 Å². The molecule has 3 heterocycles. The van der Waals surface area contributed by atoms with Crippen molar-refractivity contribution in [2.45, 2.75) is 102 Å². The van der Waals surface area contributed by atoms with E-state index in [2.05, 4.69) is 82.7 Å². The van der Waals surface area contributed by atoms with Crippen molar-refractivity contribution < 1.29 is 18.7 Å². The zero-order valence-electron chi connectivity index (χ0n) is 21.7. The summed E-state index contributed by atoms with van der Waals surface area (Å²) in [5, 5.41) is 11.4. The van der Waals surface area contributed by atoms with Gasteiger partial charge in [0, 0.05) is 0 Å². The van der Waals surface area contributed by atoms with E-state index in [-0.39, 0.29) is 10.1 Å². The molecule has 0 aromatic carbocycles. The number of nitrogen functional groups attached to an aromatic ring is 1. The van der Waals surface area contributed by atoms with Crippen molar-refractivity contribution in [3.63, 3.8) is 0 Å². The number of hydrogen-bond donors (Lipinski definition) is 2. The minimum absolute atomic E-state index is 0.0312. The lowest BCUT2D eigenvalue weighted by Crippen LogP contribution is -2.49. The Bertz CT molecular complexity index is 983. The maximum Gasteiger partial charge on any atom is 0.192 e. The average Bonchev–Trinajstić information content (AvgIpc) is 3.21. The predicted molar refractivity (Wildman–Crippen MR) is 135 cm³/mol. The highest BCUT2D eigenvalue weighted by Crippen LogP contribution is 2.43. The highest BCUT2D eigenvalue weighted by atomic mass is 28.4. The van der Waals surface area contributed by atoms with Gasteiger partial charge in [0.05, 0.1) is 12.9 Å². The van der Waals surface area contributed by atoms with E-state index in [1.54, 1.807) is 10.9 Å². The smallest absolute Gasteiger partial charge is 0.192 e. The number of fused-ring (bicyclic) bond motifs is 1. The summed E-state index contributed by atoms with van der Waals surface area (Å²) in [4.78, 5) is 12.8. The van der Waals surface area contributed by atoms with Crippen molar-refractivity contribution in [2.75, 3.05) is 12.3 Å². The fraction of sp³-hybridized carbons (Fsp3) is 0.773. The molecule has 1 aliphatic rings. The summed E-state index contributed by atoms with van der Waals surface area (Å²) >= 11 is 0. The van der Waals surface area contributed by atoms with Crippen LogP contribution in [0.5, 0.6) is 0 Å². The average molecular weight is 496 g/mol. The number of aliphatic hydroxyl groups excluding tert-OH is 1. The van der Waals surface area contributed by atoms with Crippen molar-refractivity contribution >= 4 is 33.6 Å². The summed E-state index contributed by atoms with van der Waals surface area (Å²) in [5.41, 5.74) is 7.05. The number of nitrogens with zero attached hydrogens (tertiary/aromatic N) is 4. The van der Waals surface area contributed by atoms with Gasteiger partial charge in [0.1, 0.15) is 30.2 Å². The third kappa shape index (κ3) is 5.03. The van der Waals surface area contributed by atoms with E-state index in [9.17, 15) is 5.11 Å². The summed E-state index contributed by atoms with van der Waals surface area (Å²) in [7, 11) is -4.25. The van der Waals surface area contributed by atoms with Crippen LogP contribution in [0.25, 0.3) is 11.2 Å².